The highest BCUT2D eigenvalue weighted by Gasteiger charge is 2.12. The minimum atomic E-state index is -0.117. The summed E-state index contributed by atoms with van der Waals surface area (Å²) in [7, 11) is 0. The first-order chi connectivity index (χ1) is 7.29. The zero-order valence-corrected chi connectivity index (χ0v) is 8.86. The van der Waals surface area contributed by atoms with Gasteiger partial charge in [-0.1, -0.05) is 5.16 Å². The average Bonchev–Trinajstić information content (AvgIpc) is 2.85. The summed E-state index contributed by atoms with van der Waals surface area (Å²) < 4.78 is 5.01. The summed E-state index contributed by atoms with van der Waals surface area (Å²) in [6, 6.07) is 2.12. The summed E-state index contributed by atoms with van der Waals surface area (Å²) >= 11 is 1.48. The molecule has 0 N–H and O–H groups in total. The first-order valence-corrected chi connectivity index (χ1v) is 5.34. The molecule has 5 nitrogen and oxygen atoms in total. The summed E-state index contributed by atoms with van der Waals surface area (Å²) in [5, 5.41) is 14.3. The van der Waals surface area contributed by atoms with Crippen LogP contribution in [0.1, 0.15) is 12.8 Å². The summed E-state index contributed by atoms with van der Waals surface area (Å²) in [6.07, 6.45) is 0.480. The largest absolute Gasteiger partial charge is 0.339 e. The fourth-order valence-corrected chi connectivity index (χ4v) is 1.60. The molecule has 0 radical (unpaired) electrons. The van der Waals surface area contributed by atoms with E-state index in [0.29, 0.717) is 23.8 Å². The Morgan fingerprint density at radius 1 is 1.67 bits per heavy atom. The second kappa shape index (κ2) is 4.19. The van der Waals surface area contributed by atoms with Gasteiger partial charge in [-0.15, -0.1) is 11.3 Å². The molecule has 2 aromatic heterocycles. The van der Waals surface area contributed by atoms with Gasteiger partial charge in [0.25, 0.3) is 0 Å². The van der Waals surface area contributed by atoms with Gasteiger partial charge in [-0.3, -0.25) is 0 Å². The first kappa shape index (κ1) is 9.80. The van der Waals surface area contributed by atoms with Crippen LogP contribution in [0.25, 0.3) is 11.5 Å². The Hall–Kier alpha value is -1.74. The predicted molar refractivity (Wildman–Crippen MR) is 53.9 cm³/mol. The number of hydrogen-bond donors (Lipinski definition) is 0. The van der Waals surface area contributed by atoms with E-state index in [4.69, 9.17) is 9.78 Å². The molecule has 0 saturated heterocycles. The molecule has 76 valence electrons. The van der Waals surface area contributed by atoms with Crippen molar-refractivity contribution < 1.29 is 4.52 Å². The van der Waals surface area contributed by atoms with Crippen LogP contribution in [-0.2, 0) is 6.42 Å². The SMILES string of the molecule is CC(C#N)Cc1nc(-c2cscn2)no1. The van der Waals surface area contributed by atoms with Crippen LogP contribution in [0.2, 0.25) is 0 Å². The Bertz CT molecular complexity index is 471. The monoisotopic (exact) mass is 220 g/mol. The molecule has 6 heteroatoms. The van der Waals surface area contributed by atoms with Crippen LogP contribution in [0, 0.1) is 17.2 Å². The highest BCUT2D eigenvalue weighted by atomic mass is 32.1. The van der Waals surface area contributed by atoms with Crippen LogP contribution in [-0.4, -0.2) is 15.1 Å². The molecular formula is C9H8N4OS. The normalized spacial score (nSPS) is 12.3. The molecule has 15 heavy (non-hydrogen) atoms. The third kappa shape index (κ3) is 2.19. The lowest BCUT2D eigenvalue weighted by atomic mass is 10.1. The molecule has 2 rings (SSSR count). The molecule has 0 spiro atoms. The number of nitrogens with zero attached hydrogens (tertiary/aromatic N) is 4. The van der Waals surface area contributed by atoms with E-state index in [0.717, 1.165) is 0 Å². The molecule has 0 fully saturated rings. The molecule has 0 aliphatic rings. The molecule has 0 bridgehead atoms. The van der Waals surface area contributed by atoms with E-state index in [1.807, 2.05) is 12.3 Å². The van der Waals surface area contributed by atoms with E-state index >= 15 is 0 Å². The third-order valence-electron chi connectivity index (χ3n) is 1.83. The lowest BCUT2D eigenvalue weighted by Crippen LogP contribution is -1.96. The van der Waals surface area contributed by atoms with Gasteiger partial charge in [-0.25, -0.2) is 4.98 Å². The Labute approximate surface area is 90.4 Å². The highest BCUT2D eigenvalue weighted by molar-refractivity contribution is 7.07. The van der Waals surface area contributed by atoms with Crippen molar-refractivity contribution in [1.82, 2.24) is 15.1 Å². The van der Waals surface area contributed by atoms with Crippen molar-refractivity contribution >= 4 is 11.3 Å². The van der Waals surface area contributed by atoms with E-state index in [1.165, 1.54) is 11.3 Å². The summed E-state index contributed by atoms with van der Waals surface area (Å²) in [5.74, 6) is 0.845. The molecule has 2 heterocycles. The summed E-state index contributed by atoms with van der Waals surface area (Å²) in [5.41, 5.74) is 2.42. The first-order valence-electron chi connectivity index (χ1n) is 4.40. The van der Waals surface area contributed by atoms with Crippen LogP contribution in [0.3, 0.4) is 0 Å². The molecule has 0 aliphatic heterocycles. The van der Waals surface area contributed by atoms with Gasteiger partial charge < -0.3 is 4.52 Å². The zero-order chi connectivity index (χ0) is 10.7. The summed E-state index contributed by atoms with van der Waals surface area (Å²) in [6.45, 7) is 1.81. The van der Waals surface area contributed by atoms with Crippen molar-refractivity contribution in [3.8, 4) is 17.6 Å². The lowest BCUT2D eigenvalue weighted by Gasteiger charge is -1.93. The van der Waals surface area contributed by atoms with Crippen LogP contribution in [0.15, 0.2) is 15.4 Å². The fourth-order valence-electron chi connectivity index (χ4n) is 1.07. The number of thiazole rings is 1. The van der Waals surface area contributed by atoms with Gasteiger partial charge in [0.1, 0.15) is 5.69 Å². The quantitative estimate of drug-likeness (QED) is 0.789. The second-order valence-corrected chi connectivity index (χ2v) is 3.84. The van der Waals surface area contributed by atoms with Crippen LogP contribution < -0.4 is 0 Å². The van der Waals surface area contributed by atoms with E-state index in [1.54, 1.807) is 5.51 Å². The fraction of sp³-hybridized carbons (Fsp3) is 0.333. The van der Waals surface area contributed by atoms with E-state index in [2.05, 4.69) is 21.2 Å². The van der Waals surface area contributed by atoms with Gasteiger partial charge in [0.15, 0.2) is 0 Å². The molecular weight excluding hydrogens is 212 g/mol. The Balaban J connectivity index is 2.15. The molecule has 2 aromatic rings. The maximum Gasteiger partial charge on any atom is 0.228 e. The van der Waals surface area contributed by atoms with E-state index < -0.39 is 0 Å². The third-order valence-corrected chi connectivity index (χ3v) is 2.42. The van der Waals surface area contributed by atoms with Gasteiger partial charge in [0, 0.05) is 11.8 Å². The number of hydrogen-bond acceptors (Lipinski definition) is 6. The van der Waals surface area contributed by atoms with Crippen molar-refractivity contribution in [2.24, 2.45) is 5.92 Å². The number of aromatic nitrogens is 3. The Morgan fingerprint density at radius 2 is 2.53 bits per heavy atom. The van der Waals surface area contributed by atoms with Crippen LogP contribution >= 0.6 is 11.3 Å². The highest BCUT2D eigenvalue weighted by Crippen LogP contribution is 2.16. The summed E-state index contributed by atoms with van der Waals surface area (Å²) in [4.78, 5) is 8.22. The van der Waals surface area contributed by atoms with Crippen LogP contribution in [0.4, 0.5) is 0 Å². The van der Waals surface area contributed by atoms with Gasteiger partial charge in [0.05, 0.1) is 17.5 Å². The standard InChI is InChI=1S/C9H8N4OS/c1-6(3-10)2-8-12-9(13-14-8)7-4-15-5-11-7/h4-6H,2H2,1H3. The van der Waals surface area contributed by atoms with Gasteiger partial charge in [0.2, 0.25) is 11.7 Å². The minimum absolute atomic E-state index is 0.117. The molecule has 0 amide bonds. The minimum Gasteiger partial charge on any atom is -0.339 e. The maximum atomic E-state index is 8.64. The molecule has 1 unspecified atom stereocenters. The van der Waals surface area contributed by atoms with Crippen molar-refractivity contribution in [2.75, 3.05) is 0 Å². The van der Waals surface area contributed by atoms with Crippen molar-refractivity contribution in [1.29, 1.82) is 5.26 Å². The lowest BCUT2D eigenvalue weighted by molar-refractivity contribution is 0.369. The Morgan fingerprint density at radius 3 is 3.20 bits per heavy atom. The Kier molecular flexibility index (Phi) is 2.74. The number of rotatable bonds is 3. The molecule has 0 aliphatic carbocycles. The van der Waals surface area contributed by atoms with E-state index in [9.17, 15) is 0 Å². The average molecular weight is 220 g/mol. The maximum absolute atomic E-state index is 8.64. The van der Waals surface area contributed by atoms with Crippen molar-refractivity contribution in [3.05, 3.63) is 16.8 Å². The van der Waals surface area contributed by atoms with Crippen LogP contribution in [0.5, 0.6) is 0 Å². The number of nitriles is 1. The molecule has 0 aromatic carbocycles. The molecule has 1 atom stereocenters. The second-order valence-electron chi connectivity index (χ2n) is 3.12. The van der Waals surface area contributed by atoms with Gasteiger partial charge in [-0.05, 0) is 6.92 Å². The van der Waals surface area contributed by atoms with E-state index in [-0.39, 0.29) is 5.92 Å². The van der Waals surface area contributed by atoms with Crippen molar-refractivity contribution in [3.63, 3.8) is 0 Å². The van der Waals surface area contributed by atoms with Gasteiger partial charge >= 0.3 is 0 Å². The van der Waals surface area contributed by atoms with Gasteiger partial charge in [-0.2, -0.15) is 10.2 Å². The predicted octanol–water partition coefficient (Wildman–Crippen LogP) is 1.90. The smallest absolute Gasteiger partial charge is 0.228 e. The molecule has 0 saturated carbocycles. The zero-order valence-electron chi connectivity index (χ0n) is 8.04. The van der Waals surface area contributed by atoms with Crippen molar-refractivity contribution in [2.45, 2.75) is 13.3 Å². The topological polar surface area (TPSA) is 75.6 Å².